The fourth-order valence-electron chi connectivity index (χ4n) is 1.46. The predicted molar refractivity (Wildman–Crippen MR) is 65.2 cm³/mol. The zero-order valence-corrected chi connectivity index (χ0v) is 10.4. The van der Waals surface area contributed by atoms with Crippen molar-refractivity contribution in [2.75, 3.05) is 0 Å². The molecule has 0 saturated carbocycles. The number of imidazole rings is 2. The Balaban J connectivity index is 1.88. The van der Waals surface area contributed by atoms with Crippen molar-refractivity contribution in [2.45, 2.75) is 0 Å². The minimum atomic E-state index is -0.670. The highest BCUT2D eigenvalue weighted by Crippen LogP contribution is 2.10. The molecule has 0 radical (unpaired) electrons. The van der Waals surface area contributed by atoms with Crippen LogP contribution in [0.2, 0.25) is 0 Å². The molecule has 14 heteroatoms. The molecule has 0 aliphatic carbocycles. The maximum absolute atomic E-state index is 10.5. The summed E-state index contributed by atoms with van der Waals surface area (Å²) >= 11 is 0. The molecule has 3 aromatic heterocycles. The van der Waals surface area contributed by atoms with Gasteiger partial charge in [-0.3, -0.25) is 0 Å². The van der Waals surface area contributed by atoms with Crippen LogP contribution in [-0.4, -0.2) is 49.3 Å². The molecule has 110 valence electrons. The van der Waals surface area contributed by atoms with E-state index in [1.165, 1.54) is 0 Å². The van der Waals surface area contributed by atoms with Crippen molar-refractivity contribution in [2.24, 2.45) is 0 Å². The van der Waals surface area contributed by atoms with Crippen LogP contribution in [0.1, 0.15) is 0 Å². The number of aromatic nitrogens is 8. The molecule has 0 amide bonds. The largest absolute Gasteiger partial charge is 0.382 e. The van der Waals surface area contributed by atoms with Crippen LogP contribution >= 0.6 is 0 Å². The maximum atomic E-state index is 10.5. The molecule has 22 heavy (non-hydrogen) atoms. The maximum Gasteiger partial charge on any atom is 0.382 e. The topological polar surface area (TPSA) is 173 Å². The molecule has 14 nitrogen and oxygen atoms in total. The summed E-state index contributed by atoms with van der Waals surface area (Å²) in [5.41, 5.74) is 0. The Hall–Kier alpha value is -3.84. The average Bonchev–Trinajstić information content (AvgIpc) is 3.17. The smallest absolute Gasteiger partial charge is 0.358 e. The van der Waals surface area contributed by atoms with Crippen molar-refractivity contribution in [3.8, 4) is 11.9 Å². The van der Waals surface area contributed by atoms with Gasteiger partial charge in [0, 0.05) is 0 Å². The van der Waals surface area contributed by atoms with E-state index >= 15 is 0 Å². The van der Waals surface area contributed by atoms with Crippen LogP contribution in [0.25, 0.3) is 11.9 Å². The second kappa shape index (κ2) is 4.93. The van der Waals surface area contributed by atoms with E-state index in [0.29, 0.717) is 0 Å². The molecule has 3 heterocycles. The summed E-state index contributed by atoms with van der Waals surface area (Å²) in [5, 5.41) is 35.9. The molecule has 0 N–H and O–H groups in total. The van der Waals surface area contributed by atoms with Crippen molar-refractivity contribution in [3.05, 3.63) is 45.3 Å². The van der Waals surface area contributed by atoms with Crippen LogP contribution in [0.4, 0.5) is 11.6 Å². The summed E-state index contributed by atoms with van der Waals surface area (Å²) in [4.78, 5) is 26.8. The second-order valence-electron chi connectivity index (χ2n) is 3.79. The Morgan fingerprint density at radius 2 is 1.14 bits per heavy atom. The lowest BCUT2D eigenvalue weighted by molar-refractivity contribution is -0.389. The standard InChI is InChI=1S/C8H4N10O4/c19-17(20)5-1-15(3-9-5)7-11-13-8(14-12-7)16-2-6(10-4-16)18(21)22/h1-4H. The molecule has 0 aliphatic heterocycles. The molecule has 0 spiro atoms. The van der Waals surface area contributed by atoms with E-state index in [0.717, 1.165) is 34.2 Å². The number of nitrogens with zero attached hydrogens (tertiary/aromatic N) is 10. The lowest BCUT2D eigenvalue weighted by Crippen LogP contribution is -2.08. The number of hydrogen-bond donors (Lipinski definition) is 0. The second-order valence-corrected chi connectivity index (χ2v) is 3.79. The third kappa shape index (κ3) is 2.30. The SMILES string of the molecule is O=[N+]([O-])c1cn(-c2nnc(-n3cnc([N+](=O)[O-])c3)nn2)cn1. The van der Waals surface area contributed by atoms with Gasteiger partial charge in [-0.2, -0.15) is 0 Å². The van der Waals surface area contributed by atoms with Gasteiger partial charge in [-0.15, -0.1) is 20.4 Å². The summed E-state index contributed by atoms with van der Waals surface area (Å²) in [6, 6.07) is 0. The van der Waals surface area contributed by atoms with E-state index in [4.69, 9.17) is 0 Å². The summed E-state index contributed by atoms with van der Waals surface area (Å²) in [6.45, 7) is 0. The molecule has 0 fully saturated rings. The Morgan fingerprint density at radius 1 is 0.773 bits per heavy atom. The zero-order chi connectivity index (χ0) is 15.7. The van der Waals surface area contributed by atoms with Crippen LogP contribution in [0, 0.1) is 20.2 Å². The van der Waals surface area contributed by atoms with Gasteiger partial charge in [0.25, 0.3) is 11.9 Å². The summed E-state index contributed by atoms with van der Waals surface area (Å²) < 4.78 is 2.33. The molecule has 3 rings (SSSR count). The lowest BCUT2D eigenvalue weighted by Gasteiger charge is -1.98. The van der Waals surface area contributed by atoms with Crippen molar-refractivity contribution >= 4 is 11.6 Å². The van der Waals surface area contributed by atoms with Gasteiger partial charge in [0.1, 0.15) is 12.4 Å². The van der Waals surface area contributed by atoms with E-state index in [2.05, 4.69) is 30.4 Å². The first-order valence-electron chi connectivity index (χ1n) is 5.49. The fourth-order valence-corrected chi connectivity index (χ4v) is 1.46. The molecular formula is C8H4N10O4. The third-order valence-electron chi connectivity index (χ3n) is 2.43. The van der Waals surface area contributed by atoms with Crippen LogP contribution in [-0.2, 0) is 0 Å². The Labute approximate surface area is 119 Å². The van der Waals surface area contributed by atoms with E-state index in [1.54, 1.807) is 0 Å². The Morgan fingerprint density at radius 3 is 1.41 bits per heavy atom. The van der Waals surface area contributed by atoms with E-state index in [1.807, 2.05) is 0 Å². The summed E-state index contributed by atoms with van der Waals surface area (Å²) in [5.74, 6) is -0.839. The van der Waals surface area contributed by atoms with Crippen LogP contribution < -0.4 is 0 Å². The van der Waals surface area contributed by atoms with Gasteiger partial charge in [0.05, 0.1) is 0 Å². The highest BCUT2D eigenvalue weighted by Gasteiger charge is 2.15. The summed E-state index contributed by atoms with van der Waals surface area (Å²) in [7, 11) is 0. The van der Waals surface area contributed by atoms with Crippen LogP contribution in [0.5, 0.6) is 0 Å². The highest BCUT2D eigenvalue weighted by molar-refractivity contribution is 5.22. The van der Waals surface area contributed by atoms with Crippen molar-refractivity contribution in [3.63, 3.8) is 0 Å². The number of nitro groups is 2. The molecule has 0 unspecified atom stereocenters. The predicted octanol–water partition coefficient (Wildman–Crippen LogP) is -0.546. The average molecular weight is 304 g/mol. The van der Waals surface area contributed by atoms with E-state index < -0.39 is 9.85 Å². The first-order chi connectivity index (χ1) is 10.5. The van der Waals surface area contributed by atoms with Gasteiger partial charge in [-0.25, -0.2) is 9.13 Å². The van der Waals surface area contributed by atoms with Gasteiger partial charge < -0.3 is 20.2 Å². The monoisotopic (exact) mass is 304 g/mol. The molecular weight excluding hydrogens is 300 g/mol. The lowest BCUT2D eigenvalue weighted by atomic mass is 10.7. The minimum Gasteiger partial charge on any atom is -0.358 e. The van der Waals surface area contributed by atoms with Gasteiger partial charge in [0.15, 0.2) is 0 Å². The van der Waals surface area contributed by atoms with Crippen molar-refractivity contribution < 1.29 is 9.85 Å². The Bertz CT molecular complexity index is 781. The quantitative estimate of drug-likeness (QED) is 0.449. The minimum absolute atomic E-state index is 0.0426. The highest BCUT2D eigenvalue weighted by atomic mass is 16.6. The fraction of sp³-hybridized carbons (Fsp3) is 0. The number of hydrogen-bond acceptors (Lipinski definition) is 10. The van der Waals surface area contributed by atoms with E-state index in [-0.39, 0.29) is 23.5 Å². The van der Waals surface area contributed by atoms with Gasteiger partial charge >= 0.3 is 11.6 Å². The van der Waals surface area contributed by atoms with Crippen molar-refractivity contribution in [1.82, 2.24) is 39.5 Å². The molecule has 0 aromatic carbocycles. The van der Waals surface area contributed by atoms with Crippen LogP contribution in [0.3, 0.4) is 0 Å². The normalized spacial score (nSPS) is 10.5. The molecule has 0 aliphatic rings. The third-order valence-corrected chi connectivity index (χ3v) is 2.43. The van der Waals surface area contributed by atoms with Crippen LogP contribution in [0.15, 0.2) is 25.0 Å². The van der Waals surface area contributed by atoms with E-state index in [9.17, 15) is 20.2 Å². The van der Waals surface area contributed by atoms with Crippen molar-refractivity contribution in [1.29, 1.82) is 0 Å². The molecule has 0 bridgehead atoms. The number of rotatable bonds is 4. The summed E-state index contributed by atoms with van der Waals surface area (Å²) in [6.07, 6.45) is 4.47. The molecule has 3 aromatic rings. The first-order valence-corrected chi connectivity index (χ1v) is 5.49. The van der Waals surface area contributed by atoms with Gasteiger partial charge in [0.2, 0.25) is 12.7 Å². The van der Waals surface area contributed by atoms with Gasteiger partial charge in [-0.1, -0.05) is 0 Å². The van der Waals surface area contributed by atoms with Gasteiger partial charge in [-0.05, 0) is 19.8 Å². The molecule has 0 saturated heterocycles. The zero-order valence-electron chi connectivity index (χ0n) is 10.4. The Kier molecular flexibility index (Phi) is 2.95. The first kappa shape index (κ1) is 13.2. The molecule has 0 atom stereocenters.